The highest BCUT2D eigenvalue weighted by Gasteiger charge is 2.28. The number of pyridine rings is 1. The molecule has 0 radical (unpaired) electrons. The molecule has 2 aromatic heterocycles. The lowest BCUT2D eigenvalue weighted by molar-refractivity contribution is -0.125. The Labute approximate surface area is 161 Å². The van der Waals surface area contributed by atoms with Crippen LogP contribution in [-0.4, -0.2) is 33.6 Å². The fourth-order valence-corrected chi connectivity index (χ4v) is 3.64. The Morgan fingerprint density at radius 2 is 2.19 bits per heavy atom. The van der Waals surface area contributed by atoms with Gasteiger partial charge in [0.15, 0.2) is 5.65 Å². The van der Waals surface area contributed by atoms with Crippen LogP contribution in [0.1, 0.15) is 18.4 Å². The molecular weight excluding hydrogens is 369 g/mol. The van der Waals surface area contributed by atoms with Crippen molar-refractivity contribution in [3.63, 3.8) is 0 Å². The summed E-state index contributed by atoms with van der Waals surface area (Å²) in [5.74, 6) is 0.202. The Morgan fingerprint density at radius 3 is 3.04 bits per heavy atom. The van der Waals surface area contributed by atoms with Crippen LogP contribution in [0.15, 0.2) is 42.6 Å². The molecule has 1 N–H and O–H groups in total. The van der Waals surface area contributed by atoms with Crippen molar-refractivity contribution >= 4 is 29.1 Å². The van der Waals surface area contributed by atoms with E-state index in [-0.39, 0.29) is 17.6 Å². The van der Waals surface area contributed by atoms with E-state index in [1.165, 1.54) is 12.1 Å². The number of nitrogens with one attached hydrogen (secondary N) is 1. The van der Waals surface area contributed by atoms with E-state index in [1.54, 1.807) is 18.2 Å². The van der Waals surface area contributed by atoms with E-state index in [1.807, 2.05) is 16.7 Å². The Morgan fingerprint density at radius 1 is 1.30 bits per heavy atom. The molecule has 1 fully saturated rings. The summed E-state index contributed by atoms with van der Waals surface area (Å²) in [6, 6.07) is 9.87. The zero-order chi connectivity index (χ0) is 18.8. The molecule has 27 heavy (non-hydrogen) atoms. The average Bonchev–Trinajstić information content (AvgIpc) is 3.12. The minimum Gasteiger partial charge on any atom is -0.352 e. The lowest BCUT2D eigenvalue weighted by atomic mass is 9.97. The maximum Gasteiger partial charge on any atom is 0.231 e. The largest absolute Gasteiger partial charge is 0.352 e. The van der Waals surface area contributed by atoms with E-state index in [4.69, 9.17) is 11.6 Å². The second-order valence-electron chi connectivity index (χ2n) is 6.68. The number of halogens is 2. The van der Waals surface area contributed by atoms with E-state index in [0.717, 1.165) is 24.9 Å². The molecule has 0 saturated carbocycles. The molecule has 0 bridgehead atoms. The maximum atomic E-state index is 13.3. The summed E-state index contributed by atoms with van der Waals surface area (Å²) in [5, 5.41) is 11.9. The van der Waals surface area contributed by atoms with Crippen LogP contribution < -0.4 is 10.2 Å². The highest BCUT2D eigenvalue weighted by Crippen LogP contribution is 2.25. The van der Waals surface area contributed by atoms with E-state index in [2.05, 4.69) is 20.4 Å². The Bertz CT molecular complexity index is 976. The first-order valence-corrected chi connectivity index (χ1v) is 9.26. The number of piperidine rings is 1. The molecule has 3 aromatic rings. The van der Waals surface area contributed by atoms with E-state index in [0.29, 0.717) is 29.7 Å². The van der Waals surface area contributed by atoms with Crippen LogP contribution in [0.4, 0.5) is 10.3 Å². The highest BCUT2D eigenvalue weighted by molar-refractivity contribution is 6.33. The quantitative estimate of drug-likeness (QED) is 0.747. The summed E-state index contributed by atoms with van der Waals surface area (Å²) < 4.78 is 15.1. The van der Waals surface area contributed by atoms with Gasteiger partial charge in [0, 0.05) is 25.8 Å². The predicted molar refractivity (Wildman–Crippen MR) is 101 cm³/mol. The van der Waals surface area contributed by atoms with Crippen LogP contribution in [0.5, 0.6) is 0 Å². The number of benzene rings is 1. The number of carbonyl (C=O) groups excluding carboxylic acids is 1. The number of amides is 1. The summed E-state index contributed by atoms with van der Waals surface area (Å²) in [6.45, 7) is 1.68. The van der Waals surface area contributed by atoms with Crippen molar-refractivity contribution in [3.8, 4) is 0 Å². The maximum absolute atomic E-state index is 13.3. The minimum absolute atomic E-state index is 0.0317. The summed E-state index contributed by atoms with van der Waals surface area (Å²) in [6.07, 6.45) is 3.56. The van der Waals surface area contributed by atoms with Crippen molar-refractivity contribution in [1.82, 2.24) is 19.9 Å². The Balaban J connectivity index is 1.44. The normalized spacial score (nSPS) is 17.3. The van der Waals surface area contributed by atoms with Gasteiger partial charge in [-0.15, -0.1) is 10.2 Å². The third-order valence-corrected chi connectivity index (χ3v) is 5.09. The molecule has 8 heteroatoms. The second kappa shape index (κ2) is 7.52. The van der Waals surface area contributed by atoms with Gasteiger partial charge in [-0.3, -0.25) is 9.20 Å². The smallest absolute Gasteiger partial charge is 0.231 e. The van der Waals surface area contributed by atoms with Gasteiger partial charge in [-0.2, -0.15) is 0 Å². The van der Waals surface area contributed by atoms with Gasteiger partial charge < -0.3 is 10.2 Å². The minimum atomic E-state index is -0.303. The van der Waals surface area contributed by atoms with Crippen LogP contribution in [0, 0.1) is 11.7 Å². The summed E-state index contributed by atoms with van der Waals surface area (Å²) in [4.78, 5) is 14.7. The van der Waals surface area contributed by atoms with Crippen LogP contribution >= 0.6 is 11.6 Å². The zero-order valence-corrected chi connectivity index (χ0v) is 15.4. The summed E-state index contributed by atoms with van der Waals surface area (Å²) in [5.41, 5.74) is 1.35. The second-order valence-corrected chi connectivity index (χ2v) is 7.09. The zero-order valence-electron chi connectivity index (χ0n) is 14.6. The molecule has 0 spiro atoms. The summed E-state index contributed by atoms with van der Waals surface area (Å²) in [7, 11) is 0. The van der Waals surface area contributed by atoms with Crippen LogP contribution in [-0.2, 0) is 11.3 Å². The number of carbonyl (C=O) groups is 1. The van der Waals surface area contributed by atoms with Gasteiger partial charge in [0.1, 0.15) is 5.82 Å². The first-order valence-electron chi connectivity index (χ1n) is 8.88. The van der Waals surface area contributed by atoms with E-state index < -0.39 is 0 Å². The SMILES string of the molecule is O=C(NCc1cccc(F)c1)C1CCCN(c2nnc3c(Cl)cccn23)C1. The molecule has 4 rings (SSSR count). The number of hydrogen-bond acceptors (Lipinski definition) is 4. The molecule has 3 heterocycles. The van der Waals surface area contributed by atoms with Gasteiger partial charge in [0.05, 0.1) is 10.9 Å². The predicted octanol–water partition coefficient (Wildman–Crippen LogP) is 3.05. The van der Waals surface area contributed by atoms with Gasteiger partial charge in [-0.1, -0.05) is 23.7 Å². The summed E-state index contributed by atoms with van der Waals surface area (Å²) >= 11 is 6.17. The number of aromatic nitrogens is 3. The molecule has 0 aliphatic carbocycles. The standard InChI is InChI=1S/C19H19ClFN5O/c20-16-7-3-9-26-17(16)23-24-19(26)25-8-2-5-14(12-25)18(27)22-11-13-4-1-6-15(21)10-13/h1,3-4,6-7,9-10,14H,2,5,8,11-12H2,(H,22,27). The van der Waals surface area contributed by atoms with Gasteiger partial charge in [0.2, 0.25) is 11.9 Å². The van der Waals surface area contributed by atoms with Crippen molar-refractivity contribution in [2.75, 3.05) is 18.0 Å². The lowest BCUT2D eigenvalue weighted by Gasteiger charge is -2.32. The molecule has 1 amide bonds. The van der Waals surface area contributed by atoms with Crippen molar-refractivity contribution < 1.29 is 9.18 Å². The topological polar surface area (TPSA) is 62.5 Å². The molecule has 1 aromatic carbocycles. The molecule has 1 saturated heterocycles. The molecule has 1 aliphatic heterocycles. The van der Waals surface area contributed by atoms with Crippen molar-refractivity contribution in [3.05, 3.63) is 59.0 Å². The molecule has 6 nitrogen and oxygen atoms in total. The Hall–Kier alpha value is -2.67. The Kier molecular flexibility index (Phi) is 4.94. The number of anilines is 1. The van der Waals surface area contributed by atoms with Gasteiger partial charge in [-0.05, 0) is 42.7 Å². The van der Waals surface area contributed by atoms with Crippen LogP contribution in [0.3, 0.4) is 0 Å². The van der Waals surface area contributed by atoms with Crippen LogP contribution in [0.2, 0.25) is 5.02 Å². The van der Waals surface area contributed by atoms with Crippen LogP contribution in [0.25, 0.3) is 5.65 Å². The molecular formula is C19H19ClFN5O. The fourth-order valence-electron chi connectivity index (χ4n) is 3.44. The fraction of sp³-hybridized carbons (Fsp3) is 0.316. The number of fused-ring (bicyclic) bond motifs is 1. The van der Waals surface area contributed by atoms with E-state index in [9.17, 15) is 9.18 Å². The van der Waals surface area contributed by atoms with Crippen molar-refractivity contribution in [2.45, 2.75) is 19.4 Å². The molecule has 1 aliphatic rings. The monoisotopic (exact) mass is 387 g/mol. The van der Waals surface area contributed by atoms with E-state index >= 15 is 0 Å². The molecule has 1 unspecified atom stereocenters. The van der Waals surface area contributed by atoms with Crippen molar-refractivity contribution in [1.29, 1.82) is 0 Å². The van der Waals surface area contributed by atoms with Gasteiger partial charge in [-0.25, -0.2) is 4.39 Å². The molecule has 1 atom stereocenters. The van der Waals surface area contributed by atoms with Gasteiger partial charge in [0.25, 0.3) is 0 Å². The third kappa shape index (κ3) is 3.73. The van der Waals surface area contributed by atoms with Crippen molar-refractivity contribution in [2.24, 2.45) is 5.92 Å². The number of rotatable bonds is 4. The average molecular weight is 388 g/mol. The lowest BCUT2D eigenvalue weighted by Crippen LogP contribution is -2.43. The number of hydrogen-bond donors (Lipinski definition) is 1. The third-order valence-electron chi connectivity index (χ3n) is 4.80. The first-order chi connectivity index (χ1) is 13.1. The number of nitrogens with zero attached hydrogens (tertiary/aromatic N) is 4. The molecule has 140 valence electrons. The highest BCUT2D eigenvalue weighted by atomic mass is 35.5. The van der Waals surface area contributed by atoms with Gasteiger partial charge >= 0.3 is 0 Å². The first kappa shape index (κ1) is 17.7.